The smallest absolute Gasteiger partial charge is 0.258 e. The Kier molecular flexibility index (Phi) is 2.78. The number of carbonyl (C=O) groups is 1. The molecule has 0 aliphatic heterocycles. The molecule has 3 N–H and O–H groups in total. The highest BCUT2D eigenvalue weighted by atomic mass is 16.1. The molecule has 0 saturated heterocycles. The number of rotatable bonds is 2. The first kappa shape index (κ1) is 11.1. The summed E-state index contributed by atoms with van der Waals surface area (Å²) in [6, 6.07) is 3.43. The molecule has 2 aromatic rings. The zero-order valence-corrected chi connectivity index (χ0v) is 9.64. The Labute approximate surface area is 98.5 Å². The highest BCUT2D eigenvalue weighted by Crippen LogP contribution is 2.17. The van der Waals surface area contributed by atoms with Gasteiger partial charge in [0, 0.05) is 18.9 Å². The van der Waals surface area contributed by atoms with Crippen molar-refractivity contribution < 1.29 is 4.79 Å². The molecule has 1 amide bonds. The van der Waals surface area contributed by atoms with Crippen LogP contribution in [-0.2, 0) is 7.05 Å². The molecule has 6 heteroatoms. The maximum atomic E-state index is 12.0. The molecule has 0 aliphatic carbocycles. The normalized spacial score (nSPS) is 10.2. The summed E-state index contributed by atoms with van der Waals surface area (Å²) in [5.74, 6) is 0.240. The minimum Gasteiger partial charge on any atom is -0.394 e. The number of anilines is 2. The molecular weight excluding hydrogens is 218 g/mol. The number of nitrogens with zero attached hydrogens (tertiary/aromatic N) is 3. The highest BCUT2D eigenvalue weighted by Gasteiger charge is 2.13. The van der Waals surface area contributed by atoms with Gasteiger partial charge < -0.3 is 11.1 Å². The zero-order valence-electron chi connectivity index (χ0n) is 9.64. The van der Waals surface area contributed by atoms with E-state index in [2.05, 4.69) is 15.4 Å². The number of hydrogen-bond donors (Lipinski definition) is 2. The third-order valence-corrected chi connectivity index (χ3v) is 2.45. The number of nitrogens with one attached hydrogen (secondary N) is 1. The van der Waals surface area contributed by atoms with Crippen LogP contribution in [0.4, 0.5) is 11.5 Å². The van der Waals surface area contributed by atoms with E-state index >= 15 is 0 Å². The van der Waals surface area contributed by atoms with Gasteiger partial charge in [0.1, 0.15) is 0 Å². The lowest BCUT2D eigenvalue weighted by Gasteiger charge is -2.07. The van der Waals surface area contributed by atoms with E-state index in [0.29, 0.717) is 22.8 Å². The van der Waals surface area contributed by atoms with E-state index in [1.807, 2.05) is 0 Å². The molecule has 2 aromatic heterocycles. The molecule has 2 rings (SSSR count). The summed E-state index contributed by atoms with van der Waals surface area (Å²) in [6.45, 7) is 1.78. The molecule has 0 spiro atoms. The van der Waals surface area contributed by atoms with Crippen molar-refractivity contribution in [1.82, 2.24) is 14.8 Å². The third-order valence-electron chi connectivity index (χ3n) is 2.45. The van der Waals surface area contributed by atoms with Gasteiger partial charge in [0.05, 0.1) is 17.4 Å². The fourth-order valence-electron chi connectivity index (χ4n) is 1.51. The van der Waals surface area contributed by atoms with Gasteiger partial charge in [-0.2, -0.15) is 5.10 Å². The molecule has 0 radical (unpaired) electrons. The predicted octanol–water partition coefficient (Wildman–Crippen LogP) is 0.958. The summed E-state index contributed by atoms with van der Waals surface area (Å²) in [7, 11) is 1.71. The molecule has 0 bridgehead atoms. The summed E-state index contributed by atoms with van der Waals surface area (Å²) in [4.78, 5) is 16.0. The molecule has 2 heterocycles. The van der Waals surface area contributed by atoms with Crippen molar-refractivity contribution in [3.05, 3.63) is 35.8 Å². The van der Waals surface area contributed by atoms with Crippen molar-refractivity contribution in [3.8, 4) is 0 Å². The van der Waals surface area contributed by atoms with E-state index in [1.165, 1.54) is 10.9 Å². The van der Waals surface area contributed by atoms with Crippen molar-refractivity contribution in [2.45, 2.75) is 6.92 Å². The summed E-state index contributed by atoms with van der Waals surface area (Å²) >= 11 is 0. The number of aryl methyl sites for hydroxylation is 2. The van der Waals surface area contributed by atoms with Crippen molar-refractivity contribution in [2.75, 3.05) is 11.1 Å². The molecule has 17 heavy (non-hydrogen) atoms. The standard InChI is InChI=1S/C11H13N5O/c1-7-8(4-3-5-13-7)11(17)15-10-9(12)6-14-16(10)2/h3-6H,12H2,1-2H3,(H,15,17). The first-order valence-electron chi connectivity index (χ1n) is 5.10. The van der Waals surface area contributed by atoms with Crippen LogP contribution in [0.5, 0.6) is 0 Å². The van der Waals surface area contributed by atoms with Crippen LogP contribution in [0.25, 0.3) is 0 Å². The fourth-order valence-corrected chi connectivity index (χ4v) is 1.51. The lowest BCUT2D eigenvalue weighted by Crippen LogP contribution is -2.17. The van der Waals surface area contributed by atoms with Crippen LogP contribution in [0.3, 0.4) is 0 Å². The second-order valence-electron chi connectivity index (χ2n) is 3.66. The molecule has 0 saturated carbocycles. The monoisotopic (exact) mass is 231 g/mol. The zero-order chi connectivity index (χ0) is 12.4. The number of amides is 1. The summed E-state index contributed by atoms with van der Waals surface area (Å²) in [5.41, 5.74) is 7.32. The van der Waals surface area contributed by atoms with Crippen LogP contribution in [0.15, 0.2) is 24.5 Å². The second kappa shape index (κ2) is 4.25. The molecule has 0 atom stereocenters. The summed E-state index contributed by atoms with van der Waals surface area (Å²) in [6.07, 6.45) is 3.14. The minimum absolute atomic E-state index is 0.245. The van der Waals surface area contributed by atoms with Crippen LogP contribution in [0.2, 0.25) is 0 Å². The maximum Gasteiger partial charge on any atom is 0.258 e. The van der Waals surface area contributed by atoms with Gasteiger partial charge in [-0.25, -0.2) is 0 Å². The third kappa shape index (κ3) is 2.10. The van der Waals surface area contributed by atoms with E-state index < -0.39 is 0 Å². The van der Waals surface area contributed by atoms with Gasteiger partial charge in [0.15, 0.2) is 5.82 Å². The van der Waals surface area contributed by atoms with Crippen LogP contribution < -0.4 is 11.1 Å². The van der Waals surface area contributed by atoms with E-state index in [9.17, 15) is 4.79 Å². The van der Waals surface area contributed by atoms with E-state index in [0.717, 1.165) is 0 Å². The van der Waals surface area contributed by atoms with Crippen LogP contribution in [-0.4, -0.2) is 20.7 Å². The molecular formula is C11H13N5O. The molecule has 6 nitrogen and oxygen atoms in total. The quantitative estimate of drug-likeness (QED) is 0.806. The van der Waals surface area contributed by atoms with Crippen molar-refractivity contribution in [1.29, 1.82) is 0 Å². The highest BCUT2D eigenvalue weighted by molar-refractivity contribution is 6.05. The van der Waals surface area contributed by atoms with Gasteiger partial charge in [-0.05, 0) is 19.1 Å². The first-order chi connectivity index (χ1) is 8.09. The fraction of sp³-hybridized carbons (Fsp3) is 0.182. The maximum absolute atomic E-state index is 12.0. The minimum atomic E-state index is -0.245. The van der Waals surface area contributed by atoms with Crippen molar-refractivity contribution in [2.24, 2.45) is 7.05 Å². The number of nitrogen functional groups attached to an aromatic ring is 1. The van der Waals surface area contributed by atoms with Gasteiger partial charge >= 0.3 is 0 Å². The summed E-state index contributed by atoms with van der Waals surface area (Å²) < 4.78 is 1.51. The number of pyridine rings is 1. The molecule has 0 aliphatic rings. The lowest BCUT2D eigenvalue weighted by atomic mass is 10.2. The van der Waals surface area contributed by atoms with E-state index in [1.54, 1.807) is 32.3 Å². The van der Waals surface area contributed by atoms with Crippen LogP contribution >= 0.6 is 0 Å². The number of carbonyl (C=O) groups excluding carboxylic acids is 1. The Morgan fingerprint density at radius 1 is 1.53 bits per heavy atom. The van der Waals surface area contributed by atoms with Crippen LogP contribution in [0.1, 0.15) is 16.1 Å². The van der Waals surface area contributed by atoms with Gasteiger partial charge in [0.2, 0.25) is 0 Å². The molecule has 0 unspecified atom stereocenters. The Morgan fingerprint density at radius 3 is 2.88 bits per heavy atom. The van der Waals surface area contributed by atoms with Crippen molar-refractivity contribution >= 4 is 17.4 Å². The molecule has 0 aromatic carbocycles. The van der Waals surface area contributed by atoms with E-state index in [4.69, 9.17) is 5.73 Å². The average Bonchev–Trinajstić information content (AvgIpc) is 2.61. The number of nitrogens with two attached hydrogens (primary N) is 1. The van der Waals surface area contributed by atoms with E-state index in [-0.39, 0.29) is 5.91 Å². The van der Waals surface area contributed by atoms with Gasteiger partial charge in [0.25, 0.3) is 5.91 Å². The number of hydrogen-bond acceptors (Lipinski definition) is 4. The Balaban J connectivity index is 2.27. The van der Waals surface area contributed by atoms with Crippen molar-refractivity contribution in [3.63, 3.8) is 0 Å². The Bertz CT molecular complexity index is 541. The SMILES string of the molecule is Cc1ncccc1C(=O)Nc1c(N)cnn1C. The topological polar surface area (TPSA) is 85.8 Å². The molecule has 88 valence electrons. The molecule has 0 fully saturated rings. The lowest BCUT2D eigenvalue weighted by molar-refractivity contribution is 0.102. The summed E-state index contributed by atoms with van der Waals surface area (Å²) in [5, 5.41) is 6.66. The second-order valence-corrected chi connectivity index (χ2v) is 3.66. The largest absolute Gasteiger partial charge is 0.394 e. The van der Waals surface area contributed by atoms with Gasteiger partial charge in [-0.3, -0.25) is 14.5 Å². The Hall–Kier alpha value is -2.37. The van der Waals surface area contributed by atoms with Crippen LogP contribution in [0, 0.1) is 6.92 Å². The van der Waals surface area contributed by atoms with Gasteiger partial charge in [-0.15, -0.1) is 0 Å². The predicted molar refractivity (Wildman–Crippen MR) is 64.5 cm³/mol. The average molecular weight is 231 g/mol. The first-order valence-corrected chi connectivity index (χ1v) is 5.10. The number of aromatic nitrogens is 3. The van der Waals surface area contributed by atoms with Gasteiger partial charge in [-0.1, -0.05) is 0 Å². The Morgan fingerprint density at radius 2 is 2.29 bits per heavy atom.